The zero-order valence-corrected chi connectivity index (χ0v) is 16.9. The van der Waals surface area contributed by atoms with Crippen LogP contribution in [0.4, 0.5) is 5.13 Å². The highest BCUT2D eigenvalue weighted by Crippen LogP contribution is 2.29. The molecule has 2 aliphatic rings. The Kier molecular flexibility index (Phi) is 5.77. The van der Waals surface area contributed by atoms with Crippen molar-refractivity contribution in [2.75, 3.05) is 31.6 Å². The number of anilines is 1. The fraction of sp³-hybridized carbons (Fsp3) is 0.550. The summed E-state index contributed by atoms with van der Waals surface area (Å²) in [6, 6.07) is 6.16. The van der Waals surface area contributed by atoms with Crippen molar-refractivity contribution in [2.45, 2.75) is 38.6 Å². The fourth-order valence-corrected chi connectivity index (χ4v) is 4.39. The van der Waals surface area contributed by atoms with Gasteiger partial charge in [-0.25, -0.2) is 4.98 Å². The highest BCUT2D eigenvalue weighted by molar-refractivity contribution is 7.22. The summed E-state index contributed by atoms with van der Waals surface area (Å²) in [7, 11) is 0. The first-order valence-corrected chi connectivity index (χ1v) is 10.8. The Morgan fingerprint density at radius 1 is 1.25 bits per heavy atom. The lowest BCUT2D eigenvalue weighted by Crippen LogP contribution is -2.43. The van der Waals surface area contributed by atoms with E-state index in [0.717, 1.165) is 54.7 Å². The van der Waals surface area contributed by atoms with Gasteiger partial charge in [-0.15, -0.1) is 0 Å². The van der Waals surface area contributed by atoms with Gasteiger partial charge in [0.2, 0.25) is 11.8 Å². The smallest absolute Gasteiger partial charge is 0.240 e. The second-order valence-corrected chi connectivity index (χ2v) is 8.49. The van der Waals surface area contributed by atoms with Crippen LogP contribution in [0.3, 0.4) is 0 Å². The molecule has 1 saturated heterocycles. The maximum Gasteiger partial charge on any atom is 0.240 e. The predicted octanol–water partition coefficient (Wildman–Crippen LogP) is 2.62. The van der Waals surface area contributed by atoms with E-state index in [1.54, 1.807) is 0 Å². The summed E-state index contributed by atoms with van der Waals surface area (Å²) in [4.78, 5) is 31.1. The highest BCUT2D eigenvalue weighted by atomic mass is 32.1. The zero-order chi connectivity index (χ0) is 19.5. The Bertz CT molecular complexity index is 856. The molecule has 8 heteroatoms. The second kappa shape index (κ2) is 8.45. The van der Waals surface area contributed by atoms with E-state index in [2.05, 4.69) is 20.5 Å². The molecule has 1 aliphatic heterocycles. The molecule has 0 atom stereocenters. The molecule has 1 aromatic carbocycles. The third-order valence-corrected chi connectivity index (χ3v) is 6.10. The summed E-state index contributed by atoms with van der Waals surface area (Å²) in [5.74, 6) is 1.02. The first-order valence-electron chi connectivity index (χ1n) is 9.96. The number of piperidine rings is 1. The number of amides is 2. The van der Waals surface area contributed by atoms with Gasteiger partial charge >= 0.3 is 0 Å². The Labute approximate surface area is 168 Å². The number of benzene rings is 1. The lowest BCUT2D eigenvalue weighted by atomic mass is 9.96. The summed E-state index contributed by atoms with van der Waals surface area (Å²) < 4.78 is 6.50. The van der Waals surface area contributed by atoms with Crippen LogP contribution in [0, 0.1) is 5.92 Å². The zero-order valence-electron chi connectivity index (χ0n) is 16.1. The van der Waals surface area contributed by atoms with E-state index in [-0.39, 0.29) is 17.7 Å². The topological polar surface area (TPSA) is 83.6 Å². The van der Waals surface area contributed by atoms with Crippen LogP contribution in [-0.2, 0) is 9.59 Å². The molecule has 0 radical (unpaired) electrons. The number of ether oxygens (including phenoxy) is 1. The number of thiazole rings is 1. The first-order chi connectivity index (χ1) is 13.6. The van der Waals surface area contributed by atoms with Gasteiger partial charge in [-0.2, -0.15) is 0 Å². The van der Waals surface area contributed by atoms with Gasteiger partial charge in [0.1, 0.15) is 5.75 Å². The fourth-order valence-electron chi connectivity index (χ4n) is 3.48. The average Bonchev–Trinajstić information content (AvgIpc) is 3.39. The molecule has 7 nitrogen and oxygen atoms in total. The predicted molar refractivity (Wildman–Crippen MR) is 110 cm³/mol. The minimum Gasteiger partial charge on any atom is -0.494 e. The van der Waals surface area contributed by atoms with Crippen molar-refractivity contribution in [1.82, 2.24) is 15.2 Å². The summed E-state index contributed by atoms with van der Waals surface area (Å²) in [5.41, 5.74) is 0.853. The standard InChI is InChI=1S/C20H26N4O3S/c1-2-27-15-5-6-16-17(11-15)28-20(22-16)23-18(25)12-24-9-7-13(8-10-24)19(26)21-14-3-4-14/h5-6,11,13-14H,2-4,7-10,12H2,1H3,(H,21,26)(H,22,23,25). The minimum absolute atomic E-state index is 0.0648. The van der Waals surface area contributed by atoms with Crippen LogP contribution in [0.1, 0.15) is 32.6 Å². The Morgan fingerprint density at radius 2 is 2.04 bits per heavy atom. The summed E-state index contributed by atoms with van der Waals surface area (Å²) in [5, 5.41) is 6.59. The first kappa shape index (κ1) is 19.1. The molecule has 0 spiro atoms. The Hall–Kier alpha value is -2.19. The van der Waals surface area contributed by atoms with Crippen molar-refractivity contribution in [3.8, 4) is 5.75 Å². The molecule has 2 aromatic rings. The van der Waals surface area contributed by atoms with Crippen LogP contribution in [0.5, 0.6) is 5.75 Å². The number of hydrogen-bond donors (Lipinski definition) is 2. The third-order valence-electron chi connectivity index (χ3n) is 5.17. The SMILES string of the molecule is CCOc1ccc2nc(NC(=O)CN3CCC(C(=O)NC4CC4)CC3)sc2c1. The van der Waals surface area contributed by atoms with Crippen molar-refractivity contribution < 1.29 is 14.3 Å². The molecule has 4 rings (SSSR count). The number of fused-ring (bicyclic) bond motifs is 1. The summed E-state index contributed by atoms with van der Waals surface area (Å²) in [6.07, 6.45) is 3.85. The number of likely N-dealkylation sites (tertiary alicyclic amines) is 1. The summed E-state index contributed by atoms with van der Waals surface area (Å²) in [6.45, 7) is 4.44. The molecule has 0 unspecified atom stereocenters. The quantitative estimate of drug-likeness (QED) is 0.744. The molecule has 1 aliphatic carbocycles. The molecule has 1 saturated carbocycles. The van der Waals surface area contributed by atoms with Gasteiger partial charge in [-0.3, -0.25) is 14.5 Å². The molecule has 0 bridgehead atoms. The summed E-state index contributed by atoms with van der Waals surface area (Å²) >= 11 is 1.45. The van der Waals surface area contributed by atoms with Crippen LogP contribution < -0.4 is 15.4 Å². The van der Waals surface area contributed by atoms with Crippen LogP contribution in [-0.4, -0.2) is 54.0 Å². The highest BCUT2D eigenvalue weighted by Gasteiger charge is 2.30. The Morgan fingerprint density at radius 3 is 2.75 bits per heavy atom. The lowest BCUT2D eigenvalue weighted by molar-refractivity contribution is -0.126. The van der Waals surface area contributed by atoms with Gasteiger partial charge < -0.3 is 15.4 Å². The van der Waals surface area contributed by atoms with E-state index in [1.807, 2.05) is 25.1 Å². The van der Waals surface area contributed by atoms with Gasteiger partial charge in [0.15, 0.2) is 5.13 Å². The molecule has 2 heterocycles. The molecule has 2 amide bonds. The molecule has 28 heavy (non-hydrogen) atoms. The number of carbonyl (C=O) groups excluding carboxylic acids is 2. The molecule has 2 fully saturated rings. The van der Waals surface area contributed by atoms with E-state index >= 15 is 0 Å². The maximum absolute atomic E-state index is 12.4. The maximum atomic E-state index is 12.4. The van der Waals surface area contributed by atoms with E-state index in [9.17, 15) is 9.59 Å². The van der Waals surface area contributed by atoms with Gasteiger partial charge in [-0.1, -0.05) is 11.3 Å². The lowest BCUT2D eigenvalue weighted by Gasteiger charge is -2.30. The third kappa shape index (κ3) is 4.80. The number of aromatic nitrogens is 1. The van der Waals surface area contributed by atoms with Crippen LogP contribution in [0.15, 0.2) is 18.2 Å². The number of nitrogens with one attached hydrogen (secondary N) is 2. The van der Waals surface area contributed by atoms with Crippen LogP contribution >= 0.6 is 11.3 Å². The average molecular weight is 403 g/mol. The van der Waals surface area contributed by atoms with Gasteiger partial charge in [0, 0.05) is 12.0 Å². The molecular weight excluding hydrogens is 376 g/mol. The number of hydrogen-bond acceptors (Lipinski definition) is 6. The largest absolute Gasteiger partial charge is 0.494 e. The van der Waals surface area contributed by atoms with Crippen molar-refractivity contribution >= 4 is 38.5 Å². The normalized spacial score (nSPS) is 18.2. The minimum atomic E-state index is -0.0648. The monoisotopic (exact) mass is 402 g/mol. The van der Waals surface area contributed by atoms with E-state index < -0.39 is 0 Å². The van der Waals surface area contributed by atoms with Crippen molar-refractivity contribution in [3.05, 3.63) is 18.2 Å². The molecule has 2 N–H and O–H groups in total. The molecule has 150 valence electrons. The number of carbonyl (C=O) groups is 2. The van der Waals surface area contributed by atoms with E-state index in [0.29, 0.717) is 24.3 Å². The van der Waals surface area contributed by atoms with Crippen molar-refractivity contribution in [1.29, 1.82) is 0 Å². The number of rotatable bonds is 7. The number of nitrogens with zero attached hydrogens (tertiary/aromatic N) is 2. The molecule has 1 aromatic heterocycles. The van der Waals surface area contributed by atoms with E-state index in [4.69, 9.17) is 4.74 Å². The van der Waals surface area contributed by atoms with Gasteiger partial charge in [0.25, 0.3) is 0 Å². The molecular formula is C20H26N4O3S. The Balaban J connectivity index is 1.26. The van der Waals surface area contributed by atoms with Gasteiger partial charge in [-0.05, 0) is 63.9 Å². The van der Waals surface area contributed by atoms with Crippen molar-refractivity contribution in [3.63, 3.8) is 0 Å². The van der Waals surface area contributed by atoms with Gasteiger partial charge in [0.05, 0.1) is 23.4 Å². The van der Waals surface area contributed by atoms with Crippen LogP contribution in [0.25, 0.3) is 10.2 Å². The second-order valence-electron chi connectivity index (χ2n) is 7.46. The van der Waals surface area contributed by atoms with Crippen molar-refractivity contribution in [2.24, 2.45) is 5.92 Å². The van der Waals surface area contributed by atoms with E-state index in [1.165, 1.54) is 11.3 Å². The van der Waals surface area contributed by atoms with Crippen LogP contribution in [0.2, 0.25) is 0 Å².